The van der Waals surface area contributed by atoms with Crippen LogP contribution >= 0.6 is 0 Å². The highest BCUT2D eigenvalue weighted by Gasteiger charge is 2.13. The minimum atomic E-state index is -0.213. The summed E-state index contributed by atoms with van der Waals surface area (Å²) in [6, 6.07) is 5.43. The van der Waals surface area contributed by atoms with E-state index < -0.39 is 0 Å². The first-order chi connectivity index (χ1) is 8.71. The first-order valence-electron chi connectivity index (χ1n) is 5.47. The summed E-state index contributed by atoms with van der Waals surface area (Å²) < 4.78 is 15.5. The van der Waals surface area contributed by atoms with Gasteiger partial charge in [-0.3, -0.25) is 4.79 Å². The van der Waals surface area contributed by atoms with Crippen molar-refractivity contribution in [2.24, 2.45) is 0 Å². The maximum Gasteiger partial charge on any atom is 0.257 e. The summed E-state index contributed by atoms with van der Waals surface area (Å²) >= 11 is 0. The highest BCUT2D eigenvalue weighted by Crippen LogP contribution is 2.28. The predicted octanol–water partition coefficient (Wildman–Crippen LogP) is 1.69. The van der Waals surface area contributed by atoms with Gasteiger partial charge in [0.15, 0.2) is 0 Å². The van der Waals surface area contributed by atoms with Crippen molar-refractivity contribution in [1.82, 2.24) is 4.98 Å². The van der Waals surface area contributed by atoms with Crippen LogP contribution in [0.3, 0.4) is 0 Å². The summed E-state index contributed by atoms with van der Waals surface area (Å²) in [4.78, 5) is 14.7. The fourth-order valence-electron chi connectivity index (χ4n) is 1.92. The van der Waals surface area contributed by atoms with Crippen LogP contribution in [0.2, 0.25) is 0 Å². The molecule has 5 heteroatoms. The standard InChI is InChI=1S/C13H15NO4/c1-16-7-10-12(18-3)9-5-4-8(17-2)6-11(9)14-13(10)15/h4-6H,7H2,1-3H3,(H,14,15). The van der Waals surface area contributed by atoms with Gasteiger partial charge in [0.1, 0.15) is 11.5 Å². The third kappa shape index (κ3) is 2.04. The summed E-state index contributed by atoms with van der Waals surface area (Å²) in [7, 11) is 4.66. The van der Waals surface area contributed by atoms with E-state index in [0.717, 1.165) is 5.39 Å². The molecule has 1 aromatic heterocycles. The zero-order chi connectivity index (χ0) is 13.1. The van der Waals surface area contributed by atoms with E-state index in [2.05, 4.69) is 4.98 Å². The molecule has 0 fully saturated rings. The van der Waals surface area contributed by atoms with Crippen LogP contribution in [0.15, 0.2) is 23.0 Å². The molecule has 0 amide bonds. The average Bonchev–Trinajstić information content (AvgIpc) is 2.39. The molecule has 0 aliphatic heterocycles. The van der Waals surface area contributed by atoms with E-state index in [0.29, 0.717) is 22.6 Å². The van der Waals surface area contributed by atoms with Gasteiger partial charge >= 0.3 is 0 Å². The number of hydrogen-bond donors (Lipinski definition) is 1. The third-order valence-electron chi connectivity index (χ3n) is 2.76. The van der Waals surface area contributed by atoms with Crippen LogP contribution in [0.1, 0.15) is 5.56 Å². The molecule has 18 heavy (non-hydrogen) atoms. The Kier molecular flexibility index (Phi) is 3.53. The Labute approximate surface area is 104 Å². The van der Waals surface area contributed by atoms with Crippen LogP contribution in [0.4, 0.5) is 0 Å². The maximum absolute atomic E-state index is 11.9. The smallest absolute Gasteiger partial charge is 0.257 e. The maximum atomic E-state index is 11.9. The molecule has 2 rings (SSSR count). The Bertz CT molecular complexity index is 618. The number of benzene rings is 1. The van der Waals surface area contributed by atoms with Crippen molar-refractivity contribution in [3.05, 3.63) is 34.1 Å². The molecule has 96 valence electrons. The molecule has 0 atom stereocenters. The van der Waals surface area contributed by atoms with Gasteiger partial charge in [-0.1, -0.05) is 0 Å². The predicted molar refractivity (Wildman–Crippen MR) is 68.4 cm³/mol. The van der Waals surface area contributed by atoms with E-state index in [9.17, 15) is 4.79 Å². The topological polar surface area (TPSA) is 60.6 Å². The molecular formula is C13H15NO4. The SMILES string of the molecule is COCc1c(OC)c2ccc(OC)cc2[nH]c1=O. The largest absolute Gasteiger partial charge is 0.497 e. The van der Waals surface area contributed by atoms with E-state index in [4.69, 9.17) is 14.2 Å². The lowest BCUT2D eigenvalue weighted by Gasteiger charge is -2.11. The zero-order valence-electron chi connectivity index (χ0n) is 10.6. The number of ether oxygens (including phenoxy) is 3. The lowest BCUT2D eigenvalue weighted by molar-refractivity contribution is 0.180. The molecular weight excluding hydrogens is 234 g/mol. The van der Waals surface area contributed by atoms with Gasteiger partial charge in [0.2, 0.25) is 0 Å². The van der Waals surface area contributed by atoms with E-state index in [1.54, 1.807) is 13.2 Å². The minimum Gasteiger partial charge on any atom is -0.497 e. The second kappa shape index (κ2) is 5.10. The second-order valence-electron chi connectivity index (χ2n) is 3.81. The third-order valence-corrected chi connectivity index (χ3v) is 2.76. The van der Waals surface area contributed by atoms with E-state index in [1.165, 1.54) is 14.2 Å². The summed E-state index contributed by atoms with van der Waals surface area (Å²) in [5, 5.41) is 0.824. The second-order valence-corrected chi connectivity index (χ2v) is 3.81. The minimum absolute atomic E-state index is 0.209. The van der Waals surface area contributed by atoms with Gasteiger partial charge in [0.25, 0.3) is 5.56 Å². The van der Waals surface area contributed by atoms with Crippen molar-refractivity contribution in [3.63, 3.8) is 0 Å². The molecule has 0 saturated heterocycles. The molecule has 5 nitrogen and oxygen atoms in total. The molecule has 0 bridgehead atoms. The summed E-state index contributed by atoms with van der Waals surface area (Å²) in [5.41, 5.74) is 0.947. The molecule has 0 aliphatic carbocycles. The van der Waals surface area contributed by atoms with Crippen LogP contribution in [-0.4, -0.2) is 26.3 Å². The molecule has 1 heterocycles. The van der Waals surface area contributed by atoms with Crippen LogP contribution in [0, 0.1) is 0 Å². The fraction of sp³-hybridized carbons (Fsp3) is 0.308. The molecule has 1 N–H and O–H groups in total. The Morgan fingerprint density at radius 1 is 1.17 bits per heavy atom. The van der Waals surface area contributed by atoms with Crippen LogP contribution < -0.4 is 15.0 Å². The fourth-order valence-corrected chi connectivity index (χ4v) is 1.92. The van der Waals surface area contributed by atoms with Gasteiger partial charge in [0.05, 0.1) is 31.9 Å². The first-order valence-corrected chi connectivity index (χ1v) is 5.47. The van der Waals surface area contributed by atoms with E-state index in [1.807, 2.05) is 12.1 Å². The van der Waals surface area contributed by atoms with Gasteiger partial charge in [-0.2, -0.15) is 0 Å². The van der Waals surface area contributed by atoms with Crippen LogP contribution in [0.25, 0.3) is 10.9 Å². The highest BCUT2D eigenvalue weighted by molar-refractivity contribution is 5.87. The monoisotopic (exact) mass is 249 g/mol. The molecule has 1 aromatic carbocycles. The Morgan fingerprint density at radius 2 is 1.94 bits per heavy atom. The quantitative estimate of drug-likeness (QED) is 0.895. The number of rotatable bonds is 4. The highest BCUT2D eigenvalue weighted by atomic mass is 16.5. The molecule has 0 aliphatic rings. The molecule has 0 unspecified atom stereocenters. The first kappa shape index (κ1) is 12.4. The van der Waals surface area contributed by atoms with Crippen molar-refractivity contribution in [3.8, 4) is 11.5 Å². The van der Waals surface area contributed by atoms with Crippen molar-refractivity contribution in [2.75, 3.05) is 21.3 Å². The van der Waals surface area contributed by atoms with Crippen LogP contribution in [-0.2, 0) is 11.3 Å². The number of aromatic nitrogens is 1. The molecule has 2 aromatic rings. The van der Waals surface area contributed by atoms with Gasteiger partial charge < -0.3 is 19.2 Å². The van der Waals surface area contributed by atoms with E-state index >= 15 is 0 Å². The van der Waals surface area contributed by atoms with Gasteiger partial charge in [0, 0.05) is 18.6 Å². The number of pyridine rings is 1. The lowest BCUT2D eigenvalue weighted by Crippen LogP contribution is -2.15. The Hall–Kier alpha value is -2.01. The van der Waals surface area contributed by atoms with E-state index in [-0.39, 0.29) is 12.2 Å². The summed E-state index contributed by atoms with van der Waals surface area (Å²) in [6.45, 7) is 0.209. The number of aromatic amines is 1. The van der Waals surface area contributed by atoms with Crippen molar-refractivity contribution >= 4 is 10.9 Å². The molecule has 0 radical (unpaired) electrons. The number of fused-ring (bicyclic) bond motifs is 1. The van der Waals surface area contributed by atoms with Crippen LogP contribution in [0.5, 0.6) is 11.5 Å². The number of hydrogen-bond acceptors (Lipinski definition) is 4. The van der Waals surface area contributed by atoms with Gasteiger partial charge in [-0.05, 0) is 12.1 Å². The number of nitrogens with one attached hydrogen (secondary N) is 1. The van der Waals surface area contributed by atoms with Crippen molar-refractivity contribution in [1.29, 1.82) is 0 Å². The summed E-state index contributed by atoms with van der Waals surface area (Å²) in [5.74, 6) is 1.22. The van der Waals surface area contributed by atoms with Gasteiger partial charge in [-0.25, -0.2) is 0 Å². The lowest BCUT2D eigenvalue weighted by atomic mass is 10.1. The number of methoxy groups -OCH3 is 3. The normalized spacial score (nSPS) is 10.6. The van der Waals surface area contributed by atoms with Crippen molar-refractivity contribution < 1.29 is 14.2 Å². The molecule has 0 spiro atoms. The zero-order valence-corrected chi connectivity index (χ0v) is 10.6. The Balaban J connectivity index is 2.75. The number of H-pyrrole nitrogens is 1. The van der Waals surface area contributed by atoms with Crippen molar-refractivity contribution in [2.45, 2.75) is 6.61 Å². The summed E-state index contributed by atoms with van der Waals surface area (Å²) in [6.07, 6.45) is 0. The van der Waals surface area contributed by atoms with Gasteiger partial charge in [-0.15, -0.1) is 0 Å². The Morgan fingerprint density at radius 3 is 2.56 bits per heavy atom. The average molecular weight is 249 g/mol. The molecule has 0 saturated carbocycles.